The molecule has 2 heterocycles. The van der Waals surface area contributed by atoms with Gasteiger partial charge in [-0.1, -0.05) is 54.6 Å². The molecule has 6 heteroatoms. The molecule has 1 aromatic heterocycles. The Morgan fingerprint density at radius 2 is 1.71 bits per heavy atom. The predicted octanol–water partition coefficient (Wildman–Crippen LogP) is 3.30. The van der Waals surface area contributed by atoms with Gasteiger partial charge in [-0.15, -0.1) is 0 Å². The number of rotatable bonds is 6. The quantitative estimate of drug-likeness (QED) is 0.698. The Morgan fingerprint density at radius 1 is 0.964 bits per heavy atom. The largest absolute Gasteiger partial charge is 0.297 e. The molecule has 5 nitrogen and oxygen atoms in total. The summed E-state index contributed by atoms with van der Waals surface area (Å²) in [7, 11) is -3.52. The first kappa shape index (κ1) is 18.8. The van der Waals surface area contributed by atoms with E-state index in [1.807, 2.05) is 18.2 Å². The van der Waals surface area contributed by atoms with E-state index in [1.165, 1.54) is 22.9 Å². The molecule has 1 saturated heterocycles. The van der Waals surface area contributed by atoms with Crippen molar-refractivity contribution in [2.45, 2.75) is 23.9 Å². The van der Waals surface area contributed by atoms with E-state index in [0.717, 1.165) is 19.5 Å². The Hall–Kier alpha value is -2.54. The van der Waals surface area contributed by atoms with Crippen LogP contribution >= 0.6 is 0 Å². The number of nitrogens with zero attached hydrogens (tertiary/aromatic N) is 2. The lowest BCUT2D eigenvalue weighted by Crippen LogP contribution is -2.37. The first-order valence-electron chi connectivity index (χ1n) is 9.39. The Labute approximate surface area is 166 Å². The van der Waals surface area contributed by atoms with Gasteiger partial charge in [0.15, 0.2) is 0 Å². The Morgan fingerprint density at radius 3 is 2.43 bits per heavy atom. The summed E-state index contributed by atoms with van der Waals surface area (Å²) in [5, 5.41) is 0. The molecule has 4 rings (SSSR count). The second-order valence-corrected chi connectivity index (χ2v) is 8.81. The average molecular weight is 394 g/mol. The van der Waals surface area contributed by atoms with Crippen LogP contribution in [0.1, 0.15) is 12.0 Å². The standard InChI is InChI=1S/C22H23N3O2S/c26-28(27,22-7-4-13-23-15-22)24-21-12-14-25(17-21)16-18-8-10-20(11-9-18)19-5-2-1-3-6-19/h1-11,13,15,21,24H,12,14,16-17H2/t21-/m1/s1. The molecule has 28 heavy (non-hydrogen) atoms. The van der Waals surface area contributed by atoms with Crippen molar-refractivity contribution in [2.75, 3.05) is 13.1 Å². The lowest BCUT2D eigenvalue weighted by atomic mass is 10.0. The summed E-state index contributed by atoms with van der Waals surface area (Å²) in [5.41, 5.74) is 3.64. The van der Waals surface area contributed by atoms with Gasteiger partial charge in [0.1, 0.15) is 4.90 Å². The molecule has 0 aliphatic carbocycles. The van der Waals surface area contributed by atoms with Crippen LogP contribution in [0.25, 0.3) is 11.1 Å². The summed E-state index contributed by atoms with van der Waals surface area (Å²) in [6.45, 7) is 2.40. The number of hydrogen-bond acceptors (Lipinski definition) is 4. The average Bonchev–Trinajstić information content (AvgIpc) is 3.16. The topological polar surface area (TPSA) is 62.3 Å². The third-order valence-corrected chi connectivity index (χ3v) is 6.51. The van der Waals surface area contributed by atoms with Crippen LogP contribution in [0.5, 0.6) is 0 Å². The van der Waals surface area contributed by atoms with E-state index in [2.05, 4.69) is 51.0 Å². The van der Waals surface area contributed by atoms with Crippen molar-refractivity contribution >= 4 is 10.0 Å². The first-order chi connectivity index (χ1) is 13.6. The van der Waals surface area contributed by atoms with E-state index < -0.39 is 10.0 Å². The Kier molecular flexibility index (Phi) is 5.52. The molecule has 2 aromatic carbocycles. The van der Waals surface area contributed by atoms with Crippen molar-refractivity contribution in [1.82, 2.24) is 14.6 Å². The normalized spacial score (nSPS) is 17.6. The fourth-order valence-corrected chi connectivity index (χ4v) is 4.78. The highest BCUT2D eigenvalue weighted by atomic mass is 32.2. The minimum absolute atomic E-state index is 0.0752. The van der Waals surface area contributed by atoms with Gasteiger partial charge in [0, 0.05) is 38.1 Å². The second kappa shape index (κ2) is 8.22. The van der Waals surface area contributed by atoms with E-state index in [0.29, 0.717) is 6.54 Å². The maximum absolute atomic E-state index is 12.5. The van der Waals surface area contributed by atoms with E-state index >= 15 is 0 Å². The Balaban J connectivity index is 1.35. The maximum Gasteiger partial charge on any atom is 0.242 e. The summed E-state index contributed by atoms with van der Waals surface area (Å²) in [6, 6.07) is 22.0. The summed E-state index contributed by atoms with van der Waals surface area (Å²) >= 11 is 0. The molecular formula is C22H23N3O2S. The van der Waals surface area contributed by atoms with Crippen LogP contribution < -0.4 is 4.72 Å². The second-order valence-electron chi connectivity index (χ2n) is 7.09. The van der Waals surface area contributed by atoms with Gasteiger partial charge >= 0.3 is 0 Å². The molecule has 0 saturated carbocycles. The van der Waals surface area contributed by atoms with E-state index in [4.69, 9.17) is 0 Å². The third kappa shape index (κ3) is 4.47. The number of aromatic nitrogens is 1. The fraction of sp³-hybridized carbons (Fsp3) is 0.227. The zero-order valence-corrected chi connectivity index (χ0v) is 16.3. The van der Waals surface area contributed by atoms with E-state index in [9.17, 15) is 8.42 Å². The predicted molar refractivity (Wildman–Crippen MR) is 110 cm³/mol. The number of hydrogen-bond donors (Lipinski definition) is 1. The van der Waals surface area contributed by atoms with Gasteiger partial charge in [0.2, 0.25) is 10.0 Å². The SMILES string of the molecule is O=S(=O)(N[C@@H]1CCN(Cc2ccc(-c3ccccc3)cc2)C1)c1cccnc1. The summed E-state index contributed by atoms with van der Waals surface area (Å²) in [5.74, 6) is 0. The van der Waals surface area contributed by atoms with Gasteiger partial charge in [-0.05, 0) is 35.2 Å². The van der Waals surface area contributed by atoms with E-state index in [-0.39, 0.29) is 10.9 Å². The van der Waals surface area contributed by atoms with Crippen LogP contribution in [0.2, 0.25) is 0 Å². The first-order valence-corrected chi connectivity index (χ1v) is 10.9. The molecule has 1 aliphatic heterocycles. The monoisotopic (exact) mass is 393 g/mol. The van der Waals surface area contributed by atoms with Gasteiger partial charge in [-0.3, -0.25) is 9.88 Å². The van der Waals surface area contributed by atoms with Crippen LogP contribution in [0, 0.1) is 0 Å². The molecule has 3 aromatic rings. The minimum atomic E-state index is -3.52. The molecule has 0 radical (unpaired) electrons. The highest BCUT2D eigenvalue weighted by Gasteiger charge is 2.27. The number of sulfonamides is 1. The van der Waals surface area contributed by atoms with Gasteiger partial charge in [-0.25, -0.2) is 13.1 Å². The number of likely N-dealkylation sites (tertiary alicyclic amines) is 1. The lowest BCUT2D eigenvalue weighted by molar-refractivity contribution is 0.324. The van der Waals surface area contributed by atoms with Crippen molar-refractivity contribution in [2.24, 2.45) is 0 Å². The minimum Gasteiger partial charge on any atom is -0.297 e. The molecule has 1 atom stereocenters. The molecule has 1 N–H and O–H groups in total. The van der Waals surface area contributed by atoms with Crippen LogP contribution in [0.3, 0.4) is 0 Å². The van der Waals surface area contributed by atoms with Crippen molar-refractivity contribution < 1.29 is 8.42 Å². The van der Waals surface area contributed by atoms with Crippen molar-refractivity contribution in [1.29, 1.82) is 0 Å². The van der Waals surface area contributed by atoms with Crippen molar-refractivity contribution in [3.63, 3.8) is 0 Å². The van der Waals surface area contributed by atoms with Gasteiger partial charge in [0.05, 0.1) is 0 Å². The van der Waals surface area contributed by atoms with E-state index in [1.54, 1.807) is 18.3 Å². The summed E-state index contributed by atoms with van der Waals surface area (Å²) < 4.78 is 27.7. The lowest BCUT2D eigenvalue weighted by Gasteiger charge is -2.17. The summed E-state index contributed by atoms with van der Waals surface area (Å²) in [4.78, 5) is 6.39. The smallest absolute Gasteiger partial charge is 0.242 e. The molecule has 0 spiro atoms. The van der Waals surface area contributed by atoms with Crippen LogP contribution in [-0.4, -0.2) is 37.4 Å². The summed E-state index contributed by atoms with van der Waals surface area (Å²) in [6.07, 6.45) is 3.75. The third-order valence-electron chi connectivity index (χ3n) is 5.01. The molecular weight excluding hydrogens is 370 g/mol. The molecule has 0 amide bonds. The van der Waals surface area contributed by atoms with Crippen LogP contribution in [0.4, 0.5) is 0 Å². The van der Waals surface area contributed by atoms with Crippen molar-refractivity contribution in [3.8, 4) is 11.1 Å². The van der Waals surface area contributed by atoms with Gasteiger partial charge in [-0.2, -0.15) is 0 Å². The fourth-order valence-electron chi connectivity index (χ4n) is 3.56. The number of benzene rings is 2. The zero-order chi connectivity index (χ0) is 19.4. The highest BCUT2D eigenvalue weighted by Crippen LogP contribution is 2.21. The van der Waals surface area contributed by atoms with Gasteiger partial charge in [0.25, 0.3) is 0 Å². The molecule has 0 unspecified atom stereocenters. The van der Waals surface area contributed by atoms with Crippen molar-refractivity contribution in [3.05, 3.63) is 84.7 Å². The maximum atomic E-state index is 12.5. The highest BCUT2D eigenvalue weighted by molar-refractivity contribution is 7.89. The number of pyridine rings is 1. The van der Waals surface area contributed by atoms with Crippen LogP contribution in [0.15, 0.2) is 84.0 Å². The Bertz CT molecular complexity index is 1010. The number of nitrogens with one attached hydrogen (secondary N) is 1. The molecule has 144 valence electrons. The molecule has 1 aliphatic rings. The van der Waals surface area contributed by atoms with Gasteiger partial charge < -0.3 is 0 Å². The zero-order valence-electron chi connectivity index (χ0n) is 15.5. The molecule has 0 bridgehead atoms. The molecule has 1 fully saturated rings. The van der Waals surface area contributed by atoms with Crippen LogP contribution in [-0.2, 0) is 16.6 Å².